The molecule has 2 N–H and O–H groups in total. The van der Waals surface area contributed by atoms with E-state index in [2.05, 4.69) is 20.8 Å². The Hall–Kier alpha value is -1.97. The number of hydrogen-bond donors (Lipinski definition) is 2. The standard InChI is InChI=1S/C8H9N5O4S/c14-5-2-1-4(7(17)9-5)13-8(10-11-12-13)18-3-6(15)16/h4H,1-3H2,(H,15,16)(H,9,14,17). The third-order valence-electron chi connectivity index (χ3n) is 2.29. The van der Waals surface area contributed by atoms with Crippen molar-refractivity contribution < 1.29 is 19.5 Å². The highest BCUT2D eigenvalue weighted by Crippen LogP contribution is 2.23. The van der Waals surface area contributed by atoms with Crippen LogP contribution in [-0.2, 0) is 14.4 Å². The van der Waals surface area contributed by atoms with Crippen LogP contribution in [0.1, 0.15) is 18.9 Å². The molecule has 0 aromatic carbocycles. The fourth-order valence-corrected chi connectivity index (χ4v) is 2.16. The number of carbonyl (C=O) groups is 3. The average molecular weight is 271 g/mol. The number of carbonyl (C=O) groups excluding carboxylic acids is 2. The van der Waals surface area contributed by atoms with Crippen LogP contribution in [0, 0.1) is 0 Å². The van der Waals surface area contributed by atoms with Crippen LogP contribution in [-0.4, -0.2) is 48.9 Å². The zero-order valence-electron chi connectivity index (χ0n) is 9.07. The van der Waals surface area contributed by atoms with Crippen LogP contribution in [0.2, 0.25) is 0 Å². The molecule has 2 heterocycles. The van der Waals surface area contributed by atoms with Crippen molar-refractivity contribution in [2.75, 3.05) is 5.75 Å². The highest BCUT2D eigenvalue weighted by Gasteiger charge is 2.31. The second-order valence-electron chi connectivity index (χ2n) is 3.56. The van der Waals surface area contributed by atoms with Crippen LogP contribution in [0.25, 0.3) is 0 Å². The summed E-state index contributed by atoms with van der Waals surface area (Å²) in [5.41, 5.74) is 0. The SMILES string of the molecule is O=C(O)CSc1nnnn1C1CCC(=O)NC1=O. The van der Waals surface area contributed by atoms with Crippen molar-refractivity contribution in [3.05, 3.63) is 0 Å². The molecular formula is C8H9N5O4S. The van der Waals surface area contributed by atoms with E-state index in [1.807, 2.05) is 0 Å². The van der Waals surface area contributed by atoms with E-state index in [0.717, 1.165) is 11.8 Å². The molecule has 1 atom stereocenters. The first-order valence-electron chi connectivity index (χ1n) is 5.04. The summed E-state index contributed by atoms with van der Waals surface area (Å²) >= 11 is 0.921. The third kappa shape index (κ3) is 2.64. The molecule has 0 bridgehead atoms. The van der Waals surface area contributed by atoms with Crippen LogP contribution < -0.4 is 5.32 Å². The molecule has 96 valence electrons. The van der Waals surface area contributed by atoms with Crippen molar-refractivity contribution in [3.63, 3.8) is 0 Å². The van der Waals surface area contributed by atoms with E-state index in [0.29, 0.717) is 6.42 Å². The number of piperidine rings is 1. The van der Waals surface area contributed by atoms with Gasteiger partial charge in [-0.05, 0) is 16.8 Å². The van der Waals surface area contributed by atoms with Crippen molar-refractivity contribution in [2.24, 2.45) is 0 Å². The number of amides is 2. The zero-order valence-corrected chi connectivity index (χ0v) is 9.88. The molecule has 1 unspecified atom stereocenters. The van der Waals surface area contributed by atoms with Gasteiger partial charge in [0.1, 0.15) is 6.04 Å². The normalized spacial score (nSPS) is 19.7. The van der Waals surface area contributed by atoms with E-state index >= 15 is 0 Å². The first-order chi connectivity index (χ1) is 8.58. The first kappa shape index (κ1) is 12.5. The maximum absolute atomic E-state index is 11.6. The molecule has 18 heavy (non-hydrogen) atoms. The molecule has 1 aromatic heterocycles. The van der Waals surface area contributed by atoms with Crippen LogP contribution in [0.3, 0.4) is 0 Å². The lowest BCUT2D eigenvalue weighted by molar-refractivity contribution is -0.136. The molecule has 0 radical (unpaired) electrons. The van der Waals surface area contributed by atoms with Crippen LogP contribution in [0.5, 0.6) is 0 Å². The van der Waals surface area contributed by atoms with Gasteiger partial charge in [0, 0.05) is 6.42 Å². The van der Waals surface area contributed by atoms with E-state index in [-0.39, 0.29) is 23.2 Å². The number of nitrogens with one attached hydrogen (secondary N) is 1. The molecule has 1 aromatic rings. The number of tetrazole rings is 1. The van der Waals surface area contributed by atoms with Gasteiger partial charge in [0.25, 0.3) is 5.91 Å². The lowest BCUT2D eigenvalue weighted by atomic mass is 10.1. The summed E-state index contributed by atoms with van der Waals surface area (Å²) in [6.07, 6.45) is 0.510. The van der Waals surface area contributed by atoms with E-state index in [9.17, 15) is 14.4 Å². The Kier molecular flexibility index (Phi) is 3.55. The topological polar surface area (TPSA) is 127 Å². The minimum Gasteiger partial charge on any atom is -0.481 e. The van der Waals surface area contributed by atoms with Gasteiger partial charge in [-0.2, -0.15) is 0 Å². The van der Waals surface area contributed by atoms with E-state index < -0.39 is 17.9 Å². The summed E-state index contributed by atoms with van der Waals surface area (Å²) in [7, 11) is 0. The molecule has 1 saturated heterocycles. The predicted molar refractivity (Wildman–Crippen MR) is 57.6 cm³/mol. The number of imide groups is 1. The Morgan fingerprint density at radius 2 is 2.33 bits per heavy atom. The molecule has 0 saturated carbocycles. The average Bonchev–Trinajstić information content (AvgIpc) is 2.74. The first-order valence-corrected chi connectivity index (χ1v) is 6.02. The quantitative estimate of drug-likeness (QED) is 0.518. The minimum atomic E-state index is -1.00. The monoisotopic (exact) mass is 271 g/mol. The summed E-state index contributed by atoms with van der Waals surface area (Å²) in [5, 5.41) is 21.7. The van der Waals surface area contributed by atoms with E-state index in [1.165, 1.54) is 4.68 Å². The van der Waals surface area contributed by atoms with Gasteiger partial charge in [0.2, 0.25) is 11.1 Å². The fraction of sp³-hybridized carbons (Fsp3) is 0.500. The number of nitrogens with zero attached hydrogens (tertiary/aromatic N) is 4. The Labute approximate surface area is 105 Å². The number of carboxylic acids is 1. The number of hydrogen-bond acceptors (Lipinski definition) is 7. The number of rotatable bonds is 4. The molecular weight excluding hydrogens is 262 g/mol. The van der Waals surface area contributed by atoms with Crippen molar-refractivity contribution in [3.8, 4) is 0 Å². The predicted octanol–water partition coefficient (Wildman–Crippen LogP) is -1.17. The fourth-order valence-electron chi connectivity index (χ4n) is 1.52. The number of thioether (sulfide) groups is 1. The van der Waals surface area contributed by atoms with Gasteiger partial charge in [0.05, 0.1) is 5.75 Å². The van der Waals surface area contributed by atoms with Gasteiger partial charge in [0.15, 0.2) is 0 Å². The molecule has 0 spiro atoms. The second kappa shape index (κ2) is 5.12. The number of carboxylic acid groups (broad SMARTS) is 1. The number of aromatic nitrogens is 4. The second-order valence-corrected chi connectivity index (χ2v) is 4.50. The van der Waals surface area contributed by atoms with Crippen molar-refractivity contribution >= 4 is 29.5 Å². The maximum Gasteiger partial charge on any atom is 0.313 e. The summed E-state index contributed by atoms with van der Waals surface area (Å²) in [6.45, 7) is 0. The Morgan fingerprint density at radius 3 is 3.00 bits per heavy atom. The zero-order chi connectivity index (χ0) is 13.1. The minimum absolute atomic E-state index is 0.201. The van der Waals surface area contributed by atoms with Gasteiger partial charge in [-0.15, -0.1) is 5.10 Å². The Morgan fingerprint density at radius 1 is 1.56 bits per heavy atom. The summed E-state index contributed by atoms with van der Waals surface area (Å²) in [5.74, 6) is -2.01. The van der Waals surface area contributed by atoms with Crippen molar-refractivity contribution in [1.29, 1.82) is 0 Å². The van der Waals surface area contributed by atoms with Crippen LogP contribution in [0.4, 0.5) is 0 Å². The summed E-state index contributed by atoms with van der Waals surface area (Å²) in [6, 6.07) is -0.672. The Balaban J connectivity index is 2.13. The van der Waals surface area contributed by atoms with E-state index in [4.69, 9.17) is 5.11 Å². The molecule has 1 fully saturated rings. The molecule has 2 amide bonds. The van der Waals surface area contributed by atoms with Crippen LogP contribution >= 0.6 is 11.8 Å². The third-order valence-corrected chi connectivity index (χ3v) is 3.21. The van der Waals surface area contributed by atoms with Gasteiger partial charge >= 0.3 is 5.97 Å². The molecule has 2 rings (SSSR count). The van der Waals surface area contributed by atoms with Gasteiger partial charge in [-0.1, -0.05) is 11.8 Å². The van der Waals surface area contributed by atoms with Crippen molar-refractivity contribution in [1.82, 2.24) is 25.5 Å². The summed E-state index contributed by atoms with van der Waals surface area (Å²) < 4.78 is 1.25. The molecule has 10 heteroatoms. The smallest absolute Gasteiger partial charge is 0.313 e. The van der Waals surface area contributed by atoms with Gasteiger partial charge < -0.3 is 5.11 Å². The lowest BCUT2D eigenvalue weighted by Crippen LogP contribution is -2.42. The number of aliphatic carboxylic acids is 1. The maximum atomic E-state index is 11.6. The highest BCUT2D eigenvalue weighted by atomic mass is 32.2. The Bertz CT molecular complexity index is 501. The van der Waals surface area contributed by atoms with E-state index in [1.54, 1.807) is 0 Å². The molecule has 1 aliphatic rings. The molecule has 0 aliphatic carbocycles. The lowest BCUT2D eigenvalue weighted by Gasteiger charge is -2.20. The molecule has 1 aliphatic heterocycles. The summed E-state index contributed by atoms with van der Waals surface area (Å²) in [4.78, 5) is 33.1. The van der Waals surface area contributed by atoms with Crippen LogP contribution in [0.15, 0.2) is 5.16 Å². The highest BCUT2D eigenvalue weighted by molar-refractivity contribution is 7.99. The van der Waals surface area contributed by atoms with Crippen molar-refractivity contribution in [2.45, 2.75) is 24.0 Å². The molecule has 9 nitrogen and oxygen atoms in total. The largest absolute Gasteiger partial charge is 0.481 e. The van der Waals surface area contributed by atoms with Gasteiger partial charge in [-0.25, -0.2) is 4.68 Å². The van der Waals surface area contributed by atoms with Gasteiger partial charge in [-0.3, -0.25) is 19.7 Å².